The molecule has 0 saturated carbocycles. The van der Waals surface area contributed by atoms with Crippen LogP contribution in [0.4, 0.5) is 0 Å². The van der Waals surface area contributed by atoms with Crippen LogP contribution >= 0.6 is 11.3 Å². The van der Waals surface area contributed by atoms with Gasteiger partial charge in [-0.1, -0.05) is 32.9 Å². The van der Waals surface area contributed by atoms with E-state index in [2.05, 4.69) is 65.0 Å². The van der Waals surface area contributed by atoms with E-state index >= 15 is 0 Å². The van der Waals surface area contributed by atoms with Crippen LogP contribution in [0.2, 0.25) is 0 Å². The lowest BCUT2D eigenvalue weighted by molar-refractivity contribution is 0.216. The fraction of sp³-hybridized carbons (Fsp3) is 0.444. The van der Waals surface area contributed by atoms with Crippen LogP contribution in [-0.2, 0) is 5.41 Å². The first-order chi connectivity index (χ1) is 9.81. The molecular formula is C18H25NOS. The molecule has 0 radical (unpaired) electrons. The van der Waals surface area contributed by atoms with Crippen molar-refractivity contribution in [2.24, 2.45) is 5.73 Å². The maximum absolute atomic E-state index is 6.15. The van der Waals surface area contributed by atoms with Gasteiger partial charge in [0.25, 0.3) is 0 Å². The average Bonchev–Trinajstić information content (AvgIpc) is 2.82. The van der Waals surface area contributed by atoms with Crippen molar-refractivity contribution in [1.82, 2.24) is 0 Å². The summed E-state index contributed by atoms with van der Waals surface area (Å²) >= 11 is 1.75. The van der Waals surface area contributed by atoms with Crippen molar-refractivity contribution < 1.29 is 4.74 Å². The third kappa shape index (κ3) is 3.86. The Morgan fingerprint density at radius 3 is 2.33 bits per heavy atom. The number of hydrogen-bond donors (Lipinski definition) is 1. The first kappa shape index (κ1) is 16.1. The zero-order valence-electron chi connectivity index (χ0n) is 13.6. The molecule has 2 N–H and O–H groups in total. The number of thiophene rings is 1. The molecule has 1 unspecified atom stereocenters. The van der Waals surface area contributed by atoms with Crippen LogP contribution in [0, 0.1) is 13.8 Å². The number of rotatable bonds is 4. The molecule has 114 valence electrons. The Hall–Kier alpha value is -1.32. The summed E-state index contributed by atoms with van der Waals surface area (Å²) in [5.41, 5.74) is 8.53. The van der Waals surface area contributed by atoms with Gasteiger partial charge in [0.15, 0.2) is 0 Å². The Bertz CT molecular complexity index is 610. The SMILES string of the molecule is Cc1ccc(C(CN)Oc2ccc(C(C)(C)C)cc2C)s1. The highest BCUT2D eigenvalue weighted by molar-refractivity contribution is 7.12. The molecule has 1 aromatic heterocycles. The number of nitrogens with two attached hydrogens (primary N) is 1. The standard InChI is InChI=1S/C18H25NOS/c1-12-10-14(18(3,4)5)7-8-15(12)20-16(11-19)17-9-6-13(2)21-17/h6-10,16H,11,19H2,1-5H3. The number of ether oxygens (including phenoxy) is 1. The maximum atomic E-state index is 6.15. The van der Waals surface area contributed by atoms with E-state index in [1.54, 1.807) is 11.3 Å². The number of hydrogen-bond acceptors (Lipinski definition) is 3. The highest BCUT2D eigenvalue weighted by Gasteiger charge is 2.17. The van der Waals surface area contributed by atoms with E-state index in [1.165, 1.54) is 15.3 Å². The third-order valence-corrected chi connectivity index (χ3v) is 4.70. The second-order valence-electron chi connectivity index (χ2n) is 6.52. The van der Waals surface area contributed by atoms with Crippen molar-refractivity contribution in [3.63, 3.8) is 0 Å². The van der Waals surface area contributed by atoms with Gasteiger partial charge in [0.2, 0.25) is 0 Å². The van der Waals surface area contributed by atoms with E-state index in [-0.39, 0.29) is 11.5 Å². The van der Waals surface area contributed by atoms with Crippen molar-refractivity contribution >= 4 is 11.3 Å². The van der Waals surface area contributed by atoms with Crippen molar-refractivity contribution in [1.29, 1.82) is 0 Å². The highest BCUT2D eigenvalue weighted by Crippen LogP contribution is 2.31. The average molecular weight is 303 g/mol. The Morgan fingerprint density at radius 1 is 1.14 bits per heavy atom. The molecular weight excluding hydrogens is 278 g/mol. The van der Waals surface area contributed by atoms with E-state index in [0.717, 1.165) is 11.3 Å². The molecule has 1 aromatic carbocycles. The summed E-state index contributed by atoms with van der Waals surface area (Å²) < 4.78 is 6.15. The summed E-state index contributed by atoms with van der Waals surface area (Å²) in [6.07, 6.45) is -0.0668. The van der Waals surface area contributed by atoms with Crippen LogP contribution < -0.4 is 10.5 Å². The summed E-state index contributed by atoms with van der Waals surface area (Å²) in [5.74, 6) is 0.921. The second kappa shape index (κ2) is 6.20. The summed E-state index contributed by atoms with van der Waals surface area (Å²) in [7, 11) is 0. The molecule has 0 spiro atoms. The van der Waals surface area contributed by atoms with Gasteiger partial charge in [-0.05, 0) is 48.6 Å². The molecule has 2 rings (SSSR count). The molecule has 2 nitrogen and oxygen atoms in total. The Balaban J connectivity index is 2.22. The summed E-state index contributed by atoms with van der Waals surface area (Å²) in [4.78, 5) is 2.47. The van der Waals surface area contributed by atoms with Gasteiger partial charge >= 0.3 is 0 Å². The molecule has 0 amide bonds. The van der Waals surface area contributed by atoms with Crippen LogP contribution in [0.25, 0.3) is 0 Å². The van der Waals surface area contributed by atoms with Crippen molar-refractivity contribution in [2.75, 3.05) is 6.54 Å². The molecule has 0 aliphatic carbocycles. The predicted molar refractivity (Wildman–Crippen MR) is 91.4 cm³/mol. The van der Waals surface area contributed by atoms with E-state index in [0.29, 0.717) is 6.54 Å². The predicted octanol–water partition coefficient (Wildman–Crippen LogP) is 4.74. The molecule has 3 heteroatoms. The Labute approximate surface area is 132 Å². The zero-order valence-corrected chi connectivity index (χ0v) is 14.4. The van der Waals surface area contributed by atoms with Crippen LogP contribution in [0.15, 0.2) is 30.3 Å². The van der Waals surface area contributed by atoms with Gasteiger partial charge in [0.1, 0.15) is 11.9 Å². The second-order valence-corrected chi connectivity index (χ2v) is 7.84. The molecule has 2 aromatic rings. The summed E-state index contributed by atoms with van der Waals surface area (Å²) in [6.45, 7) is 11.3. The van der Waals surface area contributed by atoms with Crippen molar-refractivity contribution in [2.45, 2.75) is 46.1 Å². The van der Waals surface area contributed by atoms with Gasteiger partial charge < -0.3 is 10.5 Å². The molecule has 1 heterocycles. The van der Waals surface area contributed by atoms with E-state index in [1.807, 2.05) is 0 Å². The topological polar surface area (TPSA) is 35.2 Å². The van der Waals surface area contributed by atoms with Gasteiger partial charge in [-0.2, -0.15) is 0 Å². The fourth-order valence-electron chi connectivity index (χ4n) is 2.25. The van der Waals surface area contributed by atoms with E-state index in [9.17, 15) is 0 Å². The molecule has 0 fully saturated rings. The zero-order chi connectivity index (χ0) is 15.6. The lowest BCUT2D eigenvalue weighted by Gasteiger charge is -2.22. The van der Waals surface area contributed by atoms with Crippen LogP contribution in [0.5, 0.6) is 5.75 Å². The smallest absolute Gasteiger partial charge is 0.145 e. The first-order valence-corrected chi connectivity index (χ1v) is 8.17. The highest BCUT2D eigenvalue weighted by atomic mass is 32.1. The van der Waals surface area contributed by atoms with Crippen LogP contribution in [0.3, 0.4) is 0 Å². The molecule has 0 aliphatic rings. The first-order valence-electron chi connectivity index (χ1n) is 7.35. The van der Waals surface area contributed by atoms with Gasteiger partial charge in [-0.15, -0.1) is 11.3 Å². The molecule has 1 atom stereocenters. The largest absolute Gasteiger partial charge is 0.483 e. The molecule has 21 heavy (non-hydrogen) atoms. The Kier molecular flexibility index (Phi) is 4.74. The van der Waals surface area contributed by atoms with E-state index in [4.69, 9.17) is 10.5 Å². The third-order valence-electron chi connectivity index (χ3n) is 3.60. The fourth-order valence-corrected chi connectivity index (χ4v) is 3.17. The summed E-state index contributed by atoms with van der Waals surface area (Å²) in [6, 6.07) is 10.6. The van der Waals surface area contributed by atoms with Crippen molar-refractivity contribution in [3.05, 3.63) is 51.2 Å². The van der Waals surface area contributed by atoms with E-state index < -0.39 is 0 Å². The monoisotopic (exact) mass is 303 g/mol. The normalized spacial score (nSPS) is 13.2. The van der Waals surface area contributed by atoms with Crippen LogP contribution in [-0.4, -0.2) is 6.54 Å². The van der Waals surface area contributed by atoms with Gasteiger partial charge in [0, 0.05) is 16.3 Å². The van der Waals surface area contributed by atoms with Gasteiger partial charge in [-0.3, -0.25) is 0 Å². The molecule has 0 aliphatic heterocycles. The lowest BCUT2D eigenvalue weighted by Crippen LogP contribution is -2.18. The van der Waals surface area contributed by atoms with Crippen LogP contribution in [0.1, 0.15) is 47.8 Å². The quantitative estimate of drug-likeness (QED) is 0.885. The van der Waals surface area contributed by atoms with Crippen molar-refractivity contribution in [3.8, 4) is 5.75 Å². The minimum Gasteiger partial charge on any atom is -0.483 e. The lowest BCUT2D eigenvalue weighted by atomic mass is 9.86. The molecule has 0 saturated heterocycles. The molecule has 0 bridgehead atoms. The minimum absolute atomic E-state index is 0.0668. The van der Waals surface area contributed by atoms with Gasteiger partial charge in [0.05, 0.1) is 0 Å². The number of aryl methyl sites for hydroxylation is 2. The minimum atomic E-state index is -0.0668. The van der Waals surface area contributed by atoms with Gasteiger partial charge in [-0.25, -0.2) is 0 Å². The maximum Gasteiger partial charge on any atom is 0.145 e. The number of benzene rings is 1. The summed E-state index contributed by atoms with van der Waals surface area (Å²) in [5, 5.41) is 0. The Morgan fingerprint density at radius 2 is 1.86 bits per heavy atom.